The molecule has 0 bridgehead atoms. The van der Waals surface area contributed by atoms with E-state index in [4.69, 9.17) is 9.84 Å². The average molecular weight is 425 g/mol. The van der Waals surface area contributed by atoms with E-state index in [9.17, 15) is 19.2 Å². The van der Waals surface area contributed by atoms with Gasteiger partial charge in [-0.25, -0.2) is 14.2 Å². The lowest BCUT2D eigenvalue weighted by molar-refractivity contribution is -0.117. The van der Waals surface area contributed by atoms with Crippen LogP contribution in [0.25, 0.3) is 11.3 Å². The van der Waals surface area contributed by atoms with Gasteiger partial charge < -0.3 is 20.1 Å². The summed E-state index contributed by atoms with van der Waals surface area (Å²) in [7, 11) is 0. The van der Waals surface area contributed by atoms with Gasteiger partial charge in [0.15, 0.2) is 11.9 Å². The van der Waals surface area contributed by atoms with Crippen LogP contribution < -0.4 is 10.1 Å². The number of nitrogens with one attached hydrogen (secondary N) is 1. The number of carboxylic acid groups (broad SMARTS) is 1. The molecule has 2 aliphatic rings. The molecule has 160 valence electrons. The Balaban J connectivity index is 1.49. The number of amides is 2. The maximum Gasteiger partial charge on any atom is 0.407 e. The molecule has 2 atom stereocenters. The van der Waals surface area contributed by atoms with Crippen molar-refractivity contribution >= 4 is 17.8 Å². The van der Waals surface area contributed by atoms with Crippen molar-refractivity contribution in [1.29, 1.82) is 5.26 Å². The van der Waals surface area contributed by atoms with Gasteiger partial charge in [0.1, 0.15) is 18.0 Å². The number of piperidine rings is 1. The highest BCUT2D eigenvalue weighted by atomic mass is 19.1. The third kappa shape index (κ3) is 4.71. The standard InChI is InChI=1S/C21H20FN5O4/c22-15-11-27(21(29)30)6-4-17(15)31-18-10-25-16(7-14(18)9-23)13-3-5-24-19(8-13)26-20(28)12-1-2-12/h3,5,7-8,10,12,15,17H,1-2,4,6,11H2,(H,29,30)(H,24,26,28)/t15-,17+/m1/s1. The van der Waals surface area contributed by atoms with Crippen molar-refractivity contribution in [2.45, 2.75) is 31.5 Å². The highest BCUT2D eigenvalue weighted by Gasteiger charge is 2.33. The summed E-state index contributed by atoms with van der Waals surface area (Å²) in [6.45, 7) is -0.125. The Morgan fingerprint density at radius 2 is 2.10 bits per heavy atom. The number of halogens is 1. The summed E-state index contributed by atoms with van der Waals surface area (Å²) in [5.74, 6) is 0.528. The van der Waals surface area contributed by atoms with Crippen LogP contribution in [0.2, 0.25) is 0 Å². The van der Waals surface area contributed by atoms with Crippen LogP contribution in [0, 0.1) is 17.2 Å². The lowest BCUT2D eigenvalue weighted by Crippen LogP contribution is -2.48. The highest BCUT2D eigenvalue weighted by Crippen LogP contribution is 2.31. The Morgan fingerprint density at radius 1 is 1.29 bits per heavy atom. The number of ether oxygens (including phenoxy) is 1. The molecule has 3 heterocycles. The molecule has 31 heavy (non-hydrogen) atoms. The Hall–Kier alpha value is -3.74. The zero-order valence-electron chi connectivity index (χ0n) is 16.5. The predicted molar refractivity (Wildman–Crippen MR) is 107 cm³/mol. The number of nitriles is 1. The molecule has 2 amide bonds. The van der Waals surface area contributed by atoms with Crippen molar-refractivity contribution in [2.75, 3.05) is 18.4 Å². The molecular weight excluding hydrogens is 405 g/mol. The van der Waals surface area contributed by atoms with Crippen LogP contribution in [0.1, 0.15) is 24.8 Å². The second kappa shape index (κ2) is 8.55. The highest BCUT2D eigenvalue weighted by molar-refractivity contribution is 5.93. The molecule has 2 fully saturated rings. The lowest BCUT2D eigenvalue weighted by atomic mass is 10.1. The first-order valence-corrected chi connectivity index (χ1v) is 9.90. The zero-order chi connectivity index (χ0) is 22.0. The van der Waals surface area contributed by atoms with Crippen molar-refractivity contribution in [3.05, 3.63) is 36.2 Å². The van der Waals surface area contributed by atoms with Gasteiger partial charge in [-0.2, -0.15) is 5.26 Å². The zero-order valence-corrected chi connectivity index (χ0v) is 16.5. The molecular formula is C21H20FN5O4. The monoisotopic (exact) mass is 425 g/mol. The minimum atomic E-state index is -1.51. The number of anilines is 1. The molecule has 2 N–H and O–H groups in total. The number of hydrogen-bond acceptors (Lipinski definition) is 6. The van der Waals surface area contributed by atoms with Crippen LogP contribution >= 0.6 is 0 Å². The predicted octanol–water partition coefficient (Wildman–Crippen LogP) is 2.83. The van der Waals surface area contributed by atoms with Crippen LogP contribution in [0.5, 0.6) is 5.75 Å². The van der Waals surface area contributed by atoms with E-state index in [-0.39, 0.29) is 42.6 Å². The average Bonchev–Trinajstić information content (AvgIpc) is 3.61. The number of hydrogen-bond donors (Lipinski definition) is 2. The van der Waals surface area contributed by atoms with Gasteiger partial charge >= 0.3 is 6.09 Å². The van der Waals surface area contributed by atoms with Gasteiger partial charge in [0, 0.05) is 30.6 Å². The number of likely N-dealkylation sites (tertiary alicyclic amines) is 1. The minimum Gasteiger partial charge on any atom is -0.484 e. The maximum atomic E-state index is 14.4. The van der Waals surface area contributed by atoms with Gasteiger partial charge in [0.05, 0.1) is 24.0 Å². The van der Waals surface area contributed by atoms with Crippen LogP contribution in [0.15, 0.2) is 30.6 Å². The van der Waals surface area contributed by atoms with Gasteiger partial charge in [-0.1, -0.05) is 0 Å². The summed E-state index contributed by atoms with van der Waals surface area (Å²) in [6.07, 6.45) is 1.30. The molecule has 1 aliphatic carbocycles. The Labute approximate surface area is 177 Å². The maximum absolute atomic E-state index is 14.4. The fourth-order valence-electron chi connectivity index (χ4n) is 3.37. The molecule has 1 saturated carbocycles. The fourth-order valence-corrected chi connectivity index (χ4v) is 3.37. The van der Waals surface area contributed by atoms with Gasteiger partial charge in [-0.05, 0) is 31.0 Å². The summed E-state index contributed by atoms with van der Waals surface area (Å²) in [5.41, 5.74) is 1.31. The molecule has 10 heteroatoms. The van der Waals surface area contributed by atoms with E-state index in [0.717, 1.165) is 17.7 Å². The number of rotatable bonds is 5. The molecule has 0 aromatic carbocycles. The normalized spacial score (nSPS) is 20.6. The van der Waals surface area contributed by atoms with Gasteiger partial charge in [-0.15, -0.1) is 0 Å². The summed E-state index contributed by atoms with van der Waals surface area (Å²) < 4.78 is 20.0. The Morgan fingerprint density at radius 3 is 2.77 bits per heavy atom. The van der Waals surface area contributed by atoms with Gasteiger partial charge in [-0.3, -0.25) is 9.78 Å². The number of carbonyl (C=O) groups is 2. The Kier molecular flexibility index (Phi) is 5.66. The molecule has 1 saturated heterocycles. The first kappa shape index (κ1) is 20.5. The quantitative estimate of drug-likeness (QED) is 0.754. The molecule has 0 radical (unpaired) electrons. The molecule has 9 nitrogen and oxygen atoms in total. The van der Waals surface area contributed by atoms with Crippen LogP contribution in [-0.4, -0.2) is 57.3 Å². The number of nitrogens with zero attached hydrogens (tertiary/aromatic N) is 4. The van der Waals surface area contributed by atoms with E-state index in [1.54, 1.807) is 18.3 Å². The van der Waals surface area contributed by atoms with Crippen molar-refractivity contribution in [3.63, 3.8) is 0 Å². The van der Waals surface area contributed by atoms with Crippen molar-refractivity contribution in [2.24, 2.45) is 5.92 Å². The van der Waals surface area contributed by atoms with Gasteiger partial charge in [0.2, 0.25) is 5.91 Å². The van der Waals surface area contributed by atoms with Crippen molar-refractivity contribution in [3.8, 4) is 23.1 Å². The number of alkyl halides is 1. The largest absolute Gasteiger partial charge is 0.484 e. The molecule has 2 aromatic heterocycles. The molecule has 1 aliphatic heterocycles. The van der Waals surface area contributed by atoms with E-state index in [1.807, 2.05) is 6.07 Å². The van der Waals surface area contributed by atoms with Crippen LogP contribution in [0.3, 0.4) is 0 Å². The van der Waals surface area contributed by atoms with Crippen molar-refractivity contribution in [1.82, 2.24) is 14.9 Å². The SMILES string of the molecule is N#Cc1cc(-c2ccnc(NC(=O)C3CC3)c2)ncc1O[C@H]1CCN(C(=O)O)C[C@H]1F. The lowest BCUT2D eigenvalue weighted by Gasteiger charge is -2.33. The molecule has 0 spiro atoms. The molecule has 2 aromatic rings. The second-order valence-corrected chi connectivity index (χ2v) is 7.56. The summed E-state index contributed by atoms with van der Waals surface area (Å²) in [6, 6.07) is 6.93. The van der Waals surface area contributed by atoms with Crippen LogP contribution in [-0.2, 0) is 4.79 Å². The summed E-state index contributed by atoms with van der Waals surface area (Å²) in [4.78, 5) is 32.4. The number of aromatic nitrogens is 2. The third-order valence-electron chi connectivity index (χ3n) is 5.27. The van der Waals surface area contributed by atoms with Gasteiger partial charge in [0.25, 0.3) is 0 Å². The first-order chi connectivity index (χ1) is 14.9. The smallest absolute Gasteiger partial charge is 0.407 e. The van der Waals surface area contributed by atoms with E-state index in [1.165, 1.54) is 12.3 Å². The second-order valence-electron chi connectivity index (χ2n) is 7.56. The first-order valence-electron chi connectivity index (χ1n) is 9.90. The van der Waals surface area contributed by atoms with E-state index < -0.39 is 18.4 Å². The fraction of sp³-hybridized carbons (Fsp3) is 0.381. The Bertz CT molecular complexity index is 1050. The minimum absolute atomic E-state index is 0.0481. The molecule has 0 unspecified atom stereocenters. The topological polar surface area (TPSA) is 128 Å². The number of carbonyl (C=O) groups excluding carboxylic acids is 1. The van der Waals surface area contributed by atoms with E-state index in [2.05, 4.69) is 15.3 Å². The van der Waals surface area contributed by atoms with Crippen molar-refractivity contribution < 1.29 is 23.8 Å². The third-order valence-corrected chi connectivity index (χ3v) is 5.27. The summed E-state index contributed by atoms with van der Waals surface area (Å²) in [5, 5.41) is 21.3. The molecule has 4 rings (SSSR count). The van der Waals surface area contributed by atoms with E-state index in [0.29, 0.717) is 17.1 Å². The summed E-state index contributed by atoms with van der Waals surface area (Å²) >= 11 is 0. The van der Waals surface area contributed by atoms with E-state index >= 15 is 0 Å². The number of pyridine rings is 2. The van der Waals surface area contributed by atoms with Crippen LogP contribution in [0.4, 0.5) is 15.0 Å².